The number of hydrogen-bond acceptors (Lipinski definition) is 2. The van der Waals surface area contributed by atoms with E-state index in [0.717, 1.165) is 32.5 Å². The first-order valence-electron chi connectivity index (χ1n) is 9.20. The quantitative estimate of drug-likeness (QED) is 0.923. The van der Waals surface area contributed by atoms with Crippen molar-refractivity contribution in [3.8, 4) is 0 Å². The van der Waals surface area contributed by atoms with E-state index in [0.29, 0.717) is 29.7 Å². The van der Waals surface area contributed by atoms with Crippen LogP contribution in [0.15, 0.2) is 30.3 Å². The first-order chi connectivity index (χ1) is 11.1. The normalized spacial score (nSPS) is 27.1. The molecule has 2 aliphatic rings. The zero-order chi connectivity index (χ0) is 16.2. The molecule has 0 bridgehead atoms. The van der Waals surface area contributed by atoms with Gasteiger partial charge in [-0.15, -0.1) is 0 Å². The lowest BCUT2D eigenvalue weighted by Crippen LogP contribution is -2.37. The largest absolute Gasteiger partial charge is 0.339 e. The van der Waals surface area contributed by atoms with Gasteiger partial charge in [0.05, 0.1) is 0 Å². The van der Waals surface area contributed by atoms with Gasteiger partial charge in [-0.3, -0.25) is 4.79 Å². The number of rotatable bonds is 4. The number of benzene rings is 1. The van der Waals surface area contributed by atoms with Gasteiger partial charge in [-0.05, 0) is 56.7 Å². The number of amides is 1. The molecule has 2 saturated heterocycles. The molecule has 23 heavy (non-hydrogen) atoms. The fraction of sp³-hybridized carbons (Fsp3) is 0.650. The lowest BCUT2D eigenvalue weighted by molar-refractivity contribution is -0.133. The fourth-order valence-electron chi connectivity index (χ4n) is 4.32. The Kier molecular flexibility index (Phi) is 5.37. The Bertz CT molecular complexity index is 510. The van der Waals surface area contributed by atoms with E-state index in [1.54, 1.807) is 0 Å². The van der Waals surface area contributed by atoms with Gasteiger partial charge in [0.15, 0.2) is 0 Å². The van der Waals surface area contributed by atoms with Gasteiger partial charge in [0.2, 0.25) is 5.91 Å². The third-order valence-corrected chi connectivity index (χ3v) is 5.85. The van der Waals surface area contributed by atoms with Crippen LogP contribution < -0.4 is 5.32 Å². The highest BCUT2D eigenvalue weighted by atomic mass is 16.2. The van der Waals surface area contributed by atoms with Crippen molar-refractivity contribution >= 4 is 5.91 Å². The van der Waals surface area contributed by atoms with E-state index in [4.69, 9.17) is 0 Å². The van der Waals surface area contributed by atoms with Crippen molar-refractivity contribution in [2.75, 3.05) is 19.6 Å². The Hall–Kier alpha value is -1.35. The predicted molar refractivity (Wildman–Crippen MR) is 94.3 cm³/mol. The molecule has 2 heterocycles. The van der Waals surface area contributed by atoms with Crippen LogP contribution in [-0.2, 0) is 4.79 Å². The first-order valence-corrected chi connectivity index (χ1v) is 9.20. The van der Waals surface area contributed by atoms with Crippen molar-refractivity contribution in [1.82, 2.24) is 10.2 Å². The minimum Gasteiger partial charge on any atom is -0.339 e. The van der Waals surface area contributed by atoms with Crippen LogP contribution in [0, 0.1) is 11.8 Å². The summed E-state index contributed by atoms with van der Waals surface area (Å²) < 4.78 is 0. The van der Waals surface area contributed by atoms with E-state index in [1.165, 1.54) is 18.4 Å². The molecule has 0 saturated carbocycles. The van der Waals surface area contributed by atoms with Crippen molar-refractivity contribution in [1.29, 1.82) is 0 Å². The van der Waals surface area contributed by atoms with Crippen LogP contribution in [0.3, 0.4) is 0 Å². The number of nitrogens with zero attached hydrogens (tertiary/aromatic N) is 1. The Labute approximate surface area is 140 Å². The average molecular weight is 314 g/mol. The summed E-state index contributed by atoms with van der Waals surface area (Å²) in [5, 5.41) is 3.41. The number of carbonyl (C=O) groups excluding carboxylic acids is 1. The standard InChI is InChI=1S/C20H30N2O/c1-15(17-8-10-21-11-9-17)12-20(23)22-14-19(13-16(22)2)18-6-4-3-5-7-18/h3-7,15-17,19,21H,8-14H2,1-2H3. The zero-order valence-electron chi connectivity index (χ0n) is 14.5. The Morgan fingerprint density at radius 2 is 1.96 bits per heavy atom. The highest BCUT2D eigenvalue weighted by molar-refractivity contribution is 5.77. The SMILES string of the molecule is CC(CC(=O)N1CC(c2ccccc2)CC1C)C1CCNCC1. The third-order valence-electron chi connectivity index (χ3n) is 5.85. The Balaban J connectivity index is 1.57. The number of carbonyl (C=O) groups is 1. The summed E-state index contributed by atoms with van der Waals surface area (Å²) in [5.74, 6) is 2.09. The molecule has 3 unspecified atom stereocenters. The molecule has 126 valence electrons. The van der Waals surface area contributed by atoms with Crippen molar-refractivity contribution < 1.29 is 4.79 Å². The second-order valence-corrected chi connectivity index (χ2v) is 7.51. The van der Waals surface area contributed by atoms with E-state index in [1.807, 2.05) is 0 Å². The van der Waals surface area contributed by atoms with Gasteiger partial charge in [0.25, 0.3) is 0 Å². The van der Waals surface area contributed by atoms with Crippen LogP contribution in [0.5, 0.6) is 0 Å². The second-order valence-electron chi connectivity index (χ2n) is 7.51. The molecule has 3 rings (SSSR count). The summed E-state index contributed by atoms with van der Waals surface area (Å²) >= 11 is 0. The molecule has 0 spiro atoms. The molecule has 3 heteroatoms. The monoisotopic (exact) mass is 314 g/mol. The molecule has 1 N–H and O–H groups in total. The summed E-state index contributed by atoms with van der Waals surface area (Å²) in [6.45, 7) is 7.58. The van der Waals surface area contributed by atoms with Gasteiger partial charge in [0.1, 0.15) is 0 Å². The van der Waals surface area contributed by atoms with Crippen molar-refractivity contribution in [3.05, 3.63) is 35.9 Å². The van der Waals surface area contributed by atoms with Gasteiger partial charge in [-0.25, -0.2) is 0 Å². The van der Waals surface area contributed by atoms with Crippen molar-refractivity contribution in [2.45, 2.75) is 51.5 Å². The number of hydrogen-bond donors (Lipinski definition) is 1. The molecular formula is C20H30N2O. The number of likely N-dealkylation sites (tertiary alicyclic amines) is 1. The van der Waals surface area contributed by atoms with E-state index in [2.05, 4.69) is 54.4 Å². The minimum atomic E-state index is 0.363. The zero-order valence-corrected chi connectivity index (χ0v) is 14.5. The Morgan fingerprint density at radius 3 is 2.65 bits per heavy atom. The summed E-state index contributed by atoms with van der Waals surface area (Å²) in [7, 11) is 0. The first kappa shape index (κ1) is 16.5. The molecule has 0 aromatic heterocycles. The average Bonchev–Trinajstić information content (AvgIpc) is 2.98. The molecule has 2 aliphatic heterocycles. The molecule has 1 amide bonds. The predicted octanol–water partition coefficient (Wildman–Crippen LogP) is 3.42. The summed E-state index contributed by atoms with van der Waals surface area (Å²) in [6.07, 6.45) is 4.25. The maximum Gasteiger partial charge on any atom is 0.223 e. The molecule has 1 aromatic rings. The van der Waals surface area contributed by atoms with Gasteiger partial charge < -0.3 is 10.2 Å². The molecular weight excluding hydrogens is 284 g/mol. The van der Waals surface area contributed by atoms with E-state index < -0.39 is 0 Å². The van der Waals surface area contributed by atoms with Crippen LogP contribution in [0.4, 0.5) is 0 Å². The molecule has 0 aliphatic carbocycles. The fourth-order valence-corrected chi connectivity index (χ4v) is 4.32. The Morgan fingerprint density at radius 1 is 1.26 bits per heavy atom. The second kappa shape index (κ2) is 7.48. The lowest BCUT2D eigenvalue weighted by atomic mass is 9.84. The van der Waals surface area contributed by atoms with E-state index >= 15 is 0 Å². The minimum absolute atomic E-state index is 0.363. The molecule has 2 fully saturated rings. The summed E-state index contributed by atoms with van der Waals surface area (Å²) in [4.78, 5) is 14.9. The molecule has 0 radical (unpaired) electrons. The van der Waals surface area contributed by atoms with E-state index in [9.17, 15) is 4.79 Å². The van der Waals surface area contributed by atoms with Gasteiger partial charge >= 0.3 is 0 Å². The topological polar surface area (TPSA) is 32.3 Å². The van der Waals surface area contributed by atoms with Crippen molar-refractivity contribution in [3.63, 3.8) is 0 Å². The number of nitrogens with one attached hydrogen (secondary N) is 1. The van der Waals surface area contributed by atoms with Gasteiger partial charge in [-0.1, -0.05) is 37.3 Å². The summed E-state index contributed by atoms with van der Waals surface area (Å²) in [5.41, 5.74) is 1.38. The van der Waals surface area contributed by atoms with Crippen LogP contribution in [0.1, 0.15) is 51.0 Å². The maximum absolute atomic E-state index is 12.8. The van der Waals surface area contributed by atoms with Gasteiger partial charge in [0, 0.05) is 24.9 Å². The van der Waals surface area contributed by atoms with Crippen LogP contribution in [-0.4, -0.2) is 36.5 Å². The molecule has 1 aromatic carbocycles. The highest BCUT2D eigenvalue weighted by Crippen LogP contribution is 2.33. The lowest BCUT2D eigenvalue weighted by Gasteiger charge is -2.30. The summed E-state index contributed by atoms with van der Waals surface area (Å²) in [6, 6.07) is 11.0. The number of piperidine rings is 1. The van der Waals surface area contributed by atoms with Crippen LogP contribution in [0.2, 0.25) is 0 Å². The van der Waals surface area contributed by atoms with Crippen LogP contribution in [0.25, 0.3) is 0 Å². The molecule has 3 nitrogen and oxygen atoms in total. The van der Waals surface area contributed by atoms with E-state index in [-0.39, 0.29) is 0 Å². The van der Waals surface area contributed by atoms with Crippen LogP contribution >= 0.6 is 0 Å². The molecule has 3 atom stereocenters. The van der Waals surface area contributed by atoms with Gasteiger partial charge in [-0.2, -0.15) is 0 Å². The smallest absolute Gasteiger partial charge is 0.223 e. The third kappa shape index (κ3) is 3.95. The maximum atomic E-state index is 12.8. The highest BCUT2D eigenvalue weighted by Gasteiger charge is 2.34. The van der Waals surface area contributed by atoms with Crippen molar-refractivity contribution in [2.24, 2.45) is 11.8 Å².